The Bertz CT molecular complexity index is 272. The third-order valence-corrected chi connectivity index (χ3v) is 3.35. The van der Waals surface area contributed by atoms with Crippen LogP contribution >= 0.6 is 0 Å². The fraction of sp³-hybridized carbons (Fsp3) is 1.00. The minimum absolute atomic E-state index is 0.250. The van der Waals surface area contributed by atoms with Gasteiger partial charge in [0.2, 0.25) is 0 Å². The summed E-state index contributed by atoms with van der Waals surface area (Å²) in [6, 6.07) is 0.312. The molecule has 0 aromatic carbocycles. The predicted octanol–water partition coefficient (Wildman–Crippen LogP) is 1.82. The number of hydrogen-bond acceptors (Lipinski definition) is 3. The van der Waals surface area contributed by atoms with Crippen LogP contribution in [0, 0.1) is 0 Å². The summed E-state index contributed by atoms with van der Waals surface area (Å²) in [4.78, 5) is 0. The Labute approximate surface area is 93.2 Å². The van der Waals surface area contributed by atoms with Crippen LogP contribution < -0.4 is 5.32 Å². The Kier molecular flexibility index (Phi) is 5.77. The minimum atomic E-state index is -3.91. The van der Waals surface area contributed by atoms with Crippen LogP contribution in [0.5, 0.6) is 0 Å². The molecule has 0 heterocycles. The molecule has 0 radical (unpaired) electrons. The van der Waals surface area contributed by atoms with E-state index in [0.717, 1.165) is 19.3 Å². The van der Waals surface area contributed by atoms with E-state index in [1.165, 1.54) is 0 Å². The van der Waals surface area contributed by atoms with E-state index in [9.17, 15) is 8.42 Å². The molecule has 0 rings (SSSR count). The van der Waals surface area contributed by atoms with Gasteiger partial charge in [-0.3, -0.25) is 4.55 Å². The first-order chi connectivity index (χ1) is 6.70. The summed E-state index contributed by atoms with van der Waals surface area (Å²) in [5.74, 6) is -0.250. The van der Waals surface area contributed by atoms with E-state index >= 15 is 0 Å². The lowest BCUT2D eigenvalue weighted by Crippen LogP contribution is -2.50. The molecule has 0 aromatic heterocycles. The zero-order valence-electron chi connectivity index (χ0n) is 10.1. The van der Waals surface area contributed by atoms with Crippen molar-refractivity contribution in [3.63, 3.8) is 0 Å². The second kappa shape index (κ2) is 5.82. The van der Waals surface area contributed by atoms with Gasteiger partial charge in [0.05, 0.1) is 5.75 Å². The van der Waals surface area contributed by atoms with Crippen molar-refractivity contribution in [2.75, 3.05) is 5.75 Å². The molecule has 92 valence electrons. The third-order valence-electron chi connectivity index (χ3n) is 2.27. The van der Waals surface area contributed by atoms with Crippen molar-refractivity contribution >= 4 is 10.1 Å². The van der Waals surface area contributed by atoms with Crippen LogP contribution in [0.4, 0.5) is 0 Å². The summed E-state index contributed by atoms with van der Waals surface area (Å²) < 4.78 is 30.4. The molecule has 0 aliphatic heterocycles. The number of rotatable bonds is 7. The standard InChI is InChI=1S/C10H23NO3S/c1-5-7-9(6-2)11-10(3,4)8-15(12,13)14/h9,11H,5-8H2,1-4H3,(H,12,13,14). The van der Waals surface area contributed by atoms with Gasteiger partial charge in [-0.05, 0) is 26.7 Å². The van der Waals surface area contributed by atoms with Gasteiger partial charge in [-0.2, -0.15) is 8.42 Å². The van der Waals surface area contributed by atoms with E-state index in [-0.39, 0.29) is 5.75 Å². The predicted molar refractivity (Wildman–Crippen MR) is 62.6 cm³/mol. The van der Waals surface area contributed by atoms with Gasteiger partial charge in [-0.1, -0.05) is 20.3 Å². The SMILES string of the molecule is CCCC(CC)NC(C)(C)CS(=O)(=O)O. The van der Waals surface area contributed by atoms with Gasteiger partial charge in [-0.15, -0.1) is 0 Å². The molecule has 0 aromatic rings. The maximum Gasteiger partial charge on any atom is 0.266 e. The maximum absolute atomic E-state index is 10.8. The highest BCUT2D eigenvalue weighted by molar-refractivity contribution is 7.85. The quantitative estimate of drug-likeness (QED) is 0.663. The molecule has 0 fully saturated rings. The van der Waals surface area contributed by atoms with Gasteiger partial charge < -0.3 is 5.32 Å². The van der Waals surface area contributed by atoms with Gasteiger partial charge >= 0.3 is 0 Å². The first kappa shape index (κ1) is 14.9. The van der Waals surface area contributed by atoms with Crippen molar-refractivity contribution in [2.24, 2.45) is 0 Å². The van der Waals surface area contributed by atoms with E-state index in [1.807, 2.05) is 0 Å². The van der Waals surface area contributed by atoms with Crippen molar-refractivity contribution in [1.29, 1.82) is 0 Å². The second-order valence-corrected chi connectivity index (χ2v) is 6.10. The fourth-order valence-corrected chi connectivity index (χ4v) is 2.77. The number of nitrogens with one attached hydrogen (secondary N) is 1. The molecule has 0 spiro atoms. The van der Waals surface area contributed by atoms with Crippen LogP contribution in [0.15, 0.2) is 0 Å². The van der Waals surface area contributed by atoms with Gasteiger partial charge in [-0.25, -0.2) is 0 Å². The molecule has 4 nitrogen and oxygen atoms in total. The molecule has 0 amide bonds. The molecule has 0 aliphatic rings. The minimum Gasteiger partial charge on any atom is -0.308 e. The van der Waals surface area contributed by atoms with Crippen molar-refractivity contribution in [1.82, 2.24) is 5.32 Å². The average molecular weight is 237 g/mol. The monoisotopic (exact) mass is 237 g/mol. The van der Waals surface area contributed by atoms with E-state index in [0.29, 0.717) is 6.04 Å². The zero-order chi connectivity index (χ0) is 12.1. The third kappa shape index (κ3) is 7.76. The van der Waals surface area contributed by atoms with Gasteiger partial charge in [0.25, 0.3) is 10.1 Å². The molecule has 0 saturated carbocycles. The topological polar surface area (TPSA) is 66.4 Å². The maximum atomic E-state index is 10.8. The van der Waals surface area contributed by atoms with Gasteiger partial charge in [0.15, 0.2) is 0 Å². The van der Waals surface area contributed by atoms with E-state index in [4.69, 9.17) is 4.55 Å². The average Bonchev–Trinajstić information content (AvgIpc) is 1.98. The van der Waals surface area contributed by atoms with Crippen molar-refractivity contribution < 1.29 is 13.0 Å². The lowest BCUT2D eigenvalue weighted by Gasteiger charge is -2.30. The summed E-state index contributed by atoms with van der Waals surface area (Å²) >= 11 is 0. The summed E-state index contributed by atoms with van der Waals surface area (Å²) in [6.45, 7) is 7.75. The Morgan fingerprint density at radius 1 is 1.33 bits per heavy atom. The normalized spacial score (nSPS) is 15.3. The molecular formula is C10H23NO3S. The van der Waals surface area contributed by atoms with Crippen LogP contribution in [-0.2, 0) is 10.1 Å². The Balaban J connectivity index is 4.34. The van der Waals surface area contributed by atoms with Crippen LogP contribution in [0.3, 0.4) is 0 Å². The molecule has 15 heavy (non-hydrogen) atoms. The highest BCUT2D eigenvalue weighted by Gasteiger charge is 2.26. The lowest BCUT2D eigenvalue weighted by atomic mass is 10.0. The highest BCUT2D eigenvalue weighted by atomic mass is 32.2. The first-order valence-corrected chi connectivity index (χ1v) is 7.04. The highest BCUT2D eigenvalue weighted by Crippen LogP contribution is 2.11. The summed E-state index contributed by atoms with van der Waals surface area (Å²) in [7, 11) is -3.91. The molecular weight excluding hydrogens is 214 g/mol. The zero-order valence-corrected chi connectivity index (χ0v) is 10.9. The van der Waals surface area contributed by atoms with Gasteiger partial charge in [0, 0.05) is 11.6 Å². The molecule has 0 saturated heterocycles. The van der Waals surface area contributed by atoms with Gasteiger partial charge in [0.1, 0.15) is 0 Å². The Morgan fingerprint density at radius 3 is 2.20 bits per heavy atom. The molecule has 2 N–H and O–H groups in total. The van der Waals surface area contributed by atoms with E-state index in [1.54, 1.807) is 13.8 Å². The molecule has 5 heteroatoms. The van der Waals surface area contributed by atoms with Crippen molar-refractivity contribution in [3.05, 3.63) is 0 Å². The van der Waals surface area contributed by atoms with Crippen LogP contribution in [0.25, 0.3) is 0 Å². The first-order valence-electron chi connectivity index (χ1n) is 5.43. The summed E-state index contributed by atoms with van der Waals surface area (Å²) in [6.07, 6.45) is 3.04. The molecule has 1 atom stereocenters. The summed E-state index contributed by atoms with van der Waals surface area (Å²) in [5.41, 5.74) is -0.580. The largest absolute Gasteiger partial charge is 0.308 e. The van der Waals surface area contributed by atoms with Crippen molar-refractivity contribution in [2.45, 2.75) is 58.5 Å². The Hall–Kier alpha value is -0.130. The molecule has 0 aliphatic carbocycles. The smallest absolute Gasteiger partial charge is 0.266 e. The van der Waals surface area contributed by atoms with E-state index in [2.05, 4.69) is 19.2 Å². The second-order valence-electron chi connectivity index (χ2n) is 4.65. The molecule has 0 bridgehead atoms. The van der Waals surface area contributed by atoms with Crippen LogP contribution in [-0.4, -0.2) is 30.3 Å². The van der Waals surface area contributed by atoms with Crippen LogP contribution in [0.2, 0.25) is 0 Å². The van der Waals surface area contributed by atoms with Crippen LogP contribution in [0.1, 0.15) is 47.0 Å². The Morgan fingerprint density at radius 2 is 1.87 bits per heavy atom. The molecule has 1 unspecified atom stereocenters. The fourth-order valence-electron chi connectivity index (χ4n) is 1.78. The van der Waals surface area contributed by atoms with Crippen molar-refractivity contribution in [3.8, 4) is 0 Å². The lowest BCUT2D eigenvalue weighted by molar-refractivity contribution is 0.331. The summed E-state index contributed by atoms with van der Waals surface area (Å²) in [5, 5.41) is 3.26. The number of hydrogen-bond donors (Lipinski definition) is 2. The van der Waals surface area contributed by atoms with E-state index < -0.39 is 15.7 Å².